The summed E-state index contributed by atoms with van der Waals surface area (Å²) < 4.78 is 0.793. The molecule has 1 heterocycles. The minimum absolute atomic E-state index is 0.276. The average Bonchev–Trinajstić information content (AvgIpc) is 2.57. The summed E-state index contributed by atoms with van der Waals surface area (Å²) in [5, 5.41) is 16.0. The SMILES string of the molecule is Nc1cc(-c2ccc(O)c(I)c2)n[nH]1. The first-order valence-electron chi connectivity index (χ1n) is 3.96. The number of nitrogens with two attached hydrogens (primary N) is 1. The molecular weight excluding hydrogens is 293 g/mol. The van der Waals surface area contributed by atoms with Crippen LogP contribution in [0, 0.1) is 3.57 Å². The predicted octanol–water partition coefficient (Wildman–Crippen LogP) is 1.97. The zero-order valence-electron chi connectivity index (χ0n) is 7.16. The second kappa shape index (κ2) is 3.49. The molecule has 0 saturated heterocycles. The number of aromatic hydroxyl groups is 1. The topological polar surface area (TPSA) is 74.9 Å². The molecule has 4 N–H and O–H groups in total. The van der Waals surface area contributed by atoms with Crippen molar-refractivity contribution in [1.82, 2.24) is 10.2 Å². The van der Waals surface area contributed by atoms with Gasteiger partial charge in [0.2, 0.25) is 0 Å². The fourth-order valence-electron chi connectivity index (χ4n) is 1.15. The molecule has 0 aliphatic carbocycles. The minimum Gasteiger partial charge on any atom is -0.507 e. The van der Waals surface area contributed by atoms with Crippen molar-refractivity contribution in [2.24, 2.45) is 0 Å². The summed E-state index contributed by atoms with van der Waals surface area (Å²) in [5.74, 6) is 0.806. The third-order valence-electron chi connectivity index (χ3n) is 1.84. The van der Waals surface area contributed by atoms with Crippen molar-refractivity contribution in [3.8, 4) is 17.0 Å². The van der Waals surface area contributed by atoms with Gasteiger partial charge < -0.3 is 10.8 Å². The number of aromatic amines is 1. The van der Waals surface area contributed by atoms with Crippen LogP contribution in [0.2, 0.25) is 0 Å². The lowest BCUT2D eigenvalue weighted by molar-refractivity contribution is 0.471. The zero-order valence-corrected chi connectivity index (χ0v) is 9.32. The summed E-state index contributed by atoms with van der Waals surface area (Å²) >= 11 is 2.06. The Morgan fingerprint density at radius 1 is 1.36 bits per heavy atom. The van der Waals surface area contributed by atoms with Gasteiger partial charge in [0.25, 0.3) is 0 Å². The molecule has 0 atom stereocenters. The number of phenolic OH excluding ortho intramolecular Hbond substituents is 1. The second-order valence-electron chi connectivity index (χ2n) is 2.87. The zero-order chi connectivity index (χ0) is 10.1. The third kappa shape index (κ3) is 1.67. The quantitative estimate of drug-likeness (QED) is 0.705. The highest BCUT2D eigenvalue weighted by Gasteiger charge is 2.04. The first-order chi connectivity index (χ1) is 6.66. The average molecular weight is 301 g/mol. The van der Waals surface area contributed by atoms with Crippen LogP contribution >= 0.6 is 22.6 Å². The largest absolute Gasteiger partial charge is 0.507 e. The first-order valence-corrected chi connectivity index (χ1v) is 5.04. The highest BCUT2D eigenvalue weighted by Crippen LogP contribution is 2.26. The fraction of sp³-hybridized carbons (Fsp3) is 0. The Balaban J connectivity index is 2.47. The first kappa shape index (κ1) is 9.32. The Morgan fingerprint density at radius 2 is 2.14 bits per heavy atom. The normalized spacial score (nSPS) is 10.4. The molecule has 0 radical (unpaired) electrons. The van der Waals surface area contributed by atoms with E-state index in [9.17, 15) is 5.11 Å². The minimum atomic E-state index is 0.276. The van der Waals surface area contributed by atoms with Crippen LogP contribution in [0.25, 0.3) is 11.3 Å². The van der Waals surface area contributed by atoms with Crippen LogP contribution in [0.1, 0.15) is 0 Å². The molecule has 0 aliphatic rings. The molecule has 1 aromatic carbocycles. The smallest absolute Gasteiger partial charge is 0.128 e. The molecular formula is C9H8IN3O. The number of nitrogen functional groups attached to an aromatic ring is 1. The fourth-order valence-corrected chi connectivity index (χ4v) is 1.67. The highest BCUT2D eigenvalue weighted by molar-refractivity contribution is 14.1. The summed E-state index contributed by atoms with van der Waals surface area (Å²) in [6, 6.07) is 7.04. The second-order valence-corrected chi connectivity index (χ2v) is 4.04. The number of hydrogen-bond acceptors (Lipinski definition) is 3. The number of nitrogens with zero attached hydrogens (tertiary/aromatic N) is 1. The van der Waals surface area contributed by atoms with Crippen molar-refractivity contribution in [3.05, 3.63) is 27.8 Å². The van der Waals surface area contributed by atoms with E-state index in [0.29, 0.717) is 5.82 Å². The number of aromatic nitrogens is 2. The molecule has 0 fully saturated rings. The molecule has 4 nitrogen and oxygen atoms in total. The van der Waals surface area contributed by atoms with Crippen LogP contribution in [-0.4, -0.2) is 15.3 Å². The number of halogens is 1. The third-order valence-corrected chi connectivity index (χ3v) is 2.71. The van der Waals surface area contributed by atoms with Crippen molar-refractivity contribution in [3.63, 3.8) is 0 Å². The molecule has 0 amide bonds. The molecule has 0 spiro atoms. The van der Waals surface area contributed by atoms with Gasteiger partial charge in [0, 0.05) is 11.6 Å². The molecule has 0 unspecified atom stereocenters. The molecule has 2 rings (SSSR count). The molecule has 0 aliphatic heterocycles. The van der Waals surface area contributed by atoms with E-state index in [1.165, 1.54) is 0 Å². The van der Waals surface area contributed by atoms with Crippen molar-refractivity contribution >= 4 is 28.4 Å². The van der Waals surface area contributed by atoms with E-state index in [4.69, 9.17) is 5.73 Å². The summed E-state index contributed by atoms with van der Waals surface area (Å²) in [5.41, 5.74) is 7.22. The van der Waals surface area contributed by atoms with Gasteiger partial charge in [-0.2, -0.15) is 5.10 Å². The maximum atomic E-state index is 9.34. The number of rotatable bonds is 1. The van der Waals surface area contributed by atoms with Crippen LogP contribution in [0.3, 0.4) is 0 Å². The highest BCUT2D eigenvalue weighted by atomic mass is 127. The van der Waals surface area contributed by atoms with E-state index in [0.717, 1.165) is 14.8 Å². The lowest BCUT2D eigenvalue weighted by Gasteiger charge is -1.99. The van der Waals surface area contributed by atoms with Crippen molar-refractivity contribution in [2.45, 2.75) is 0 Å². The van der Waals surface area contributed by atoms with Crippen LogP contribution in [0.15, 0.2) is 24.3 Å². The van der Waals surface area contributed by atoms with E-state index >= 15 is 0 Å². The Morgan fingerprint density at radius 3 is 2.71 bits per heavy atom. The number of anilines is 1. The summed E-state index contributed by atoms with van der Waals surface area (Å²) in [7, 11) is 0. The van der Waals surface area contributed by atoms with Gasteiger partial charge in [0.15, 0.2) is 0 Å². The van der Waals surface area contributed by atoms with Gasteiger partial charge in [-0.05, 0) is 40.8 Å². The molecule has 0 saturated carbocycles. The van der Waals surface area contributed by atoms with Crippen LogP contribution in [-0.2, 0) is 0 Å². The number of benzene rings is 1. The van der Waals surface area contributed by atoms with Crippen LogP contribution in [0.4, 0.5) is 5.82 Å². The Bertz CT molecular complexity index is 467. The van der Waals surface area contributed by atoms with E-state index in [1.807, 2.05) is 6.07 Å². The Labute approximate surface area is 94.3 Å². The van der Waals surface area contributed by atoms with Gasteiger partial charge in [-0.1, -0.05) is 0 Å². The van der Waals surface area contributed by atoms with E-state index in [2.05, 4.69) is 32.8 Å². The molecule has 0 bridgehead atoms. The lowest BCUT2D eigenvalue weighted by Crippen LogP contribution is -1.81. The van der Waals surface area contributed by atoms with Gasteiger partial charge in [-0.3, -0.25) is 5.10 Å². The summed E-state index contributed by atoms with van der Waals surface area (Å²) in [6.07, 6.45) is 0. The van der Waals surface area contributed by atoms with E-state index in [1.54, 1.807) is 18.2 Å². The Kier molecular flexibility index (Phi) is 2.32. The predicted molar refractivity (Wildman–Crippen MR) is 62.8 cm³/mol. The number of hydrogen-bond donors (Lipinski definition) is 3. The molecule has 14 heavy (non-hydrogen) atoms. The summed E-state index contributed by atoms with van der Waals surface area (Å²) in [6.45, 7) is 0. The standard InChI is InChI=1S/C9H8IN3O/c10-6-3-5(1-2-8(6)14)7-4-9(11)13-12-7/h1-4,14H,(H3,11,12,13). The van der Waals surface area contributed by atoms with Gasteiger partial charge >= 0.3 is 0 Å². The van der Waals surface area contributed by atoms with Gasteiger partial charge in [-0.15, -0.1) is 0 Å². The molecule has 2 aromatic rings. The number of nitrogens with one attached hydrogen (secondary N) is 1. The maximum Gasteiger partial charge on any atom is 0.128 e. The van der Waals surface area contributed by atoms with Crippen molar-refractivity contribution in [1.29, 1.82) is 0 Å². The number of phenols is 1. The van der Waals surface area contributed by atoms with Crippen molar-refractivity contribution in [2.75, 3.05) is 5.73 Å². The van der Waals surface area contributed by atoms with E-state index < -0.39 is 0 Å². The summed E-state index contributed by atoms with van der Waals surface area (Å²) in [4.78, 5) is 0. The number of H-pyrrole nitrogens is 1. The maximum absolute atomic E-state index is 9.34. The van der Waals surface area contributed by atoms with Gasteiger partial charge in [-0.25, -0.2) is 0 Å². The van der Waals surface area contributed by atoms with Crippen molar-refractivity contribution < 1.29 is 5.11 Å². The molecule has 1 aromatic heterocycles. The Hall–Kier alpha value is -1.24. The lowest BCUT2D eigenvalue weighted by atomic mass is 10.1. The molecule has 72 valence electrons. The molecule has 5 heteroatoms. The van der Waals surface area contributed by atoms with Gasteiger partial charge in [0.05, 0.1) is 9.26 Å². The van der Waals surface area contributed by atoms with Crippen LogP contribution in [0.5, 0.6) is 5.75 Å². The monoisotopic (exact) mass is 301 g/mol. The van der Waals surface area contributed by atoms with E-state index in [-0.39, 0.29) is 5.75 Å². The van der Waals surface area contributed by atoms with Crippen LogP contribution < -0.4 is 5.73 Å². The van der Waals surface area contributed by atoms with Gasteiger partial charge in [0.1, 0.15) is 11.6 Å².